The predicted octanol–water partition coefficient (Wildman–Crippen LogP) is 2.21. The second kappa shape index (κ2) is 7.28. The molecule has 1 fully saturated rings. The topological polar surface area (TPSA) is 92.3 Å². The number of rotatable bonds is 4. The van der Waals surface area contributed by atoms with Crippen LogP contribution in [0.25, 0.3) is 0 Å². The SMILES string of the molecule is Cc1cnc(C(=O)Nc2cccc(S(=O)(=O)N3CCCCC3)c2)cn1. The lowest BCUT2D eigenvalue weighted by atomic mass is 10.2. The first-order valence-electron chi connectivity index (χ1n) is 8.17. The minimum atomic E-state index is -3.54. The summed E-state index contributed by atoms with van der Waals surface area (Å²) in [6.07, 6.45) is 5.70. The van der Waals surface area contributed by atoms with Gasteiger partial charge in [0.1, 0.15) is 5.69 Å². The Bertz CT molecular complexity index is 860. The second-order valence-electron chi connectivity index (χ2n) is 5.99. The summed E-state index contributed by atoms with van der Waals surface area (Å²) >= 11 is 0. The zero-order valence-corrected chi connectivity index (χ0v) is 14.8. The van der Waals surface area contributed by atoms with Gasteiger partial charge in [0.25, 0.3) is 5.91 Å². The van der Waals surface area contributed by atoms with Crippen LogP contribution in [-0.2, 0) is 10.0 Å². The number of aryl methyl sites for hydroxylation is 1. The first-order valence-corrected chi connectivity index (χ1v) is 9.61. The molecule has 132 valence electrons. The summed E-state index contributed by atoms with van der Waals surface area (Å²) in [6, 6.07) is 6.29. The first kappa shape index (κ1) is 17.5. The van der Waals surface area contributed by atoms with Crippen LogP contribution in [-0.4, -0.2) is 41.7 Å². The minimum absolute atomic E-state index is 0.176. The molecular weight excluding hydrogens is 340 g/mol. The third-order valence-electron chi connectivity index (χ3n) is 4.06. The molecule has 0 radical (unpaired) electrons. The van der Waals surface area contributed by atoms with Gasteiger partial charge in [0.2, 0.25) is 10.0 Å². The molecule has 1 aromatic carbocycles. The molecule has 0 saturated carbocycles. The van der Waals surface area contributed by atoms with E-state index in [4.69, 9.17) is 0 Å². The van der Waals surface area contributed by atoms with Crippen LogP contribution in [0.1, 0.15) is 35.4 Å². The van der Waals surface area contributed by atoms with Crippen LogP contribution in [0, 0.1) is 6.92 Å². The molecule has 1 amide bonds. The summed E-state index contributed by atoms with van der Waals surface area (Å²) in [5.74, 6) is -0.431. The molecule has 1 N–H and O–H groups in total. The number of carbonyl (C=O) groups is 1. The molecule has 0 spiro atoms. The van der Waals surface area contributed by atoms with Gasteiger partial charge in [-0.15, -0.1) is 0 Å². The number of anilines is 1. The smallest absolute Gasteiger partial charge is 0.275 e. The zero-order valence-electron chi connectivity index (χ0n) is 14.0. The third kappa shape index (κ3) is 4.02. The van der Waals surface area contributed by atoms with Crippen molar-refractivity contribution in [3.05, 3.63) is 48.0 Å². The second-order valence-corrected chi connectivity index (χ2v) is 7.93. The Morgan fingerprint density at radius 1 is 1.12 bits per heavy atom. The summed E-state index contributed by atoms with van der Waals surface area (Å²) in [6.45, 7) is 2.86. The fraction of sp³-hybridized carbons (Fsp3) is 0.353. The van der Waals surface area contributed by atoms with Crippen LogP contribution in [0.3, 0.4) is 0 Å². The third-order valence-corrected chi connectivity index (χ3v) is 5.95. The van der Waals surface area contributed by atoms with Crippen LogP contribution in [0.5, 0.6) is 0 Å². The molecule has 8 heteroatoms. The quantitative estimate of drug-likeness (QED) is 0.902. The molecular formula is C17H20N4O3S. The van der Waals surface area contributed by atoms with E-state index in [9.17, 15) is 13.2 Å². The highest BCUT2D eigenvalue weighted by molar-refractivity contribution is 7.89. The molecule has 0 bridgehead atoms. The molecule has 0 atom stereocenters. The molecule has 2 aromatic rings. The molecule has 0 unspecified atom stereocenters. The maximum Gasteiger partial charge on any atom is 0.275 e. The summed E-state index contributed by atoms with van der Waals surface area (Å²) in [5.41, 5.74) is 1.30. The van der Waals surface area contributed by atoms with E-state index in [-0.39, 0.29) is 10.6 Å². The lowest BCUT2D eigenvalue weighted by Gasteiger charge is -2.26. The number of piperidine rings is 1. The number of nitrogens with one attached hydrogen (secondary N) is 1. The fourth-order valence-corrected chi connectivity index (χ4v) is 4.26. The van der Waals surface area contributed by atoms with Gasteiger partial charge in [-0.05, 0) is 38.0 Å². The van der Waals surface area contributed by atoms with Crippen LogP contribution < -0.4 is 5.32 Å². The van der Waals surface area contributed by atoms with E-state index >= 15 is 0 Å². The van der Waals surface area contributed by atoms with E-state index < -0.39 is 15.9 Å². The van der Waals surface area contributed by atoms with Gasteiger partial charge in [-0.3, -0.25) is 9.78 Å². The Morgan fingerprint density at radius 2 is 1.88 bits per heavy atom. The van der Waals surface area contributed by atoms with Crippen molar-refractivity contribution in [2.45, 2.75) is 31.1 Å². The maximum atomic E-state index is 12.7. The van der Waals surface area contributed by atoms with E-state index in [1.165, 1.54) is 22.8 Å². The van der Waals surface area contributed by atoms with Crippen molar-refractivity contribution >= 4 is 21.6 Å². The van der Waals surface area contributed by atoms with Crippen molar-refractivity contribution in [1.82, 2.24) is 14.3 Å². The van der Waals surface area contributed by atoms with Crippen molar-refractivity contribution in [1.29, 1.82) is 0 Å². The standard InChI is InChI=1S/C17H20N4O3S/c1-13-11-19-16(12-18-13)17(22)20-14-6-5-7-15(10-14)25(23,24)21-8-3-2-4-9-21/h5-7,10-12H,2-4,8-9H2,1H3,(H,20,22). The van der Waals surface area contributed by atoms with E-state index in [1.807, 2.05) is 0 Å². The Morgan fingerprint density at radius 3 is 2.56 bits per heavy atom. The molecule has 1 aliphatic rings. The molecule has 0 aliphatic carbocycles. The Kier molecular flexibility index (Phi) is 5.10. The van der Waals surface area contributed by atoms with Gasteiger partial charge in [0.05, 0.1) is 16.8 Å². The van der Waals surface area contributed by atoms with Gasteiger partial charge in [-0.1, -0.05) is 12.5 Å². The number of benzene rings is 1. The van der Waals surface area contributed by atoms with Crippen LogP contribution >= 0.6 is 0 Å². The monoisotopic (exact) mass is 360 g/mol. The van der Waals surface area contributed by atoms with Crippen molar-refractivity contribution in [3.8, 4) is 0 Å². The zero-order chi connectivity index (χ0) is 17.9. The summed E-state index contributed by atoms with van der Waals surface area (Å²) < 4.78 is 26.9. The van der Waals surface area contributed by atoms with Gasteiger partial charge < -0.3 is 5.32 Å². The normalized spacial score (nSPS) is 15.7. The predicted molar refractivity (Wildman–Crippen MR) is 93.8 cm³/mol. The average Bonchev–Trinajstić information content (AvgIpc) is 2.63. The number of amides is 1. The summed E-state index contributed by atoms with van der Waals surface area (Å²) in [7, 11) is -3.54. The van der Waals surface area contributed by atoms with Crippen LogP contribution in [0.15, 0.2) is 41.6 Å². The molecule has 1 saturated heterocycles. The largest absolute Gasteiger partial charge is 0.321 e. The molecule has 25 heavy (non-hydrogen) atoms. The van der Waals surface area contributed by atoms with Gasteiger partial charge in [-0.25, -0.2) is 13.4 Å². The molecule has 2 heterocycles. The minimum Gasteiger partial charge on any atom is -0.321 e. The number of hydrogen-bond acceptors (Lipinski definition) is 5. The summed E-state index contributed by atoms with van der Waals surface area (Å²) in [4.78, 5) is 20.4. The Hall–Kier alpha value is -2.32. The van der Waals surface area contributed by atoms with E-state index in [0.717, 1.165) is 19.3 Å². The van der Waals surface area contributed by atoms with Gasteiger partial charge in [-0.2, -0.15) is 4.31 Å². The Balaban J connectivity index is 1.79. The maximum absolute atomic E-state index is 12.7. The number of nitrogens with zero attached hydrogens (tertiary/aromatic N) is 3. The van der Waals surface area contributed by atoms with Crippen molar-refractivity contribution < 1.29 is 13.2 Å². The fourth-order valence-electron chi connectivity index (χ4n) is 2.69. The Labute approximate surface area is 147 Å². The molecule has 3 rings (SSSR count). The molecule has 1 aliphatic heterocycles. The number of hydrogen-bond donors (Lipinski definition) is 1. The highest BCUT2D eigenvalue weighted by Gasteiger charge is 2.26. The van der Waals surface area contributed by atoms with E-state index in [0.29, 0.717) is 24.5 Å². The van der Waals surface area contributed by atoms with Crippen LogP contribution in [0.2, 0.25) is 0 Å². The number of aromatic nitrogens is 2. The summed E-state index contributed by atoms with van der Waals surface area (Å²) in [5, 5.41) is 2.67. The lowest BCUT2D eigenvalue weighted by molar-refractivity contribution is 0.102. The van der Waals surface area contributed by atoms with Crippen LogP contribution in [0.4, 0.5) is 5.69 Å². The van der Waals surface area contributed by atoms with Crippen molar-refractivity contribution in [3.63, 3.8) is 0 Å². The highest BCUT2D eigenvalue weighted by Crippen LogP contribution is 2.23. The number of carbonyl (C=O) groups excluding carboxylic acids is 1. The lowest BCUT2D eigenvalue weighted by Crippen LogP contribution is -2.35. The van der Waals surface area contributed by atoms with Crippen molar-refractivity contribution in [2.24, 2.45) is 0 Å². The highest BCUT2D eigenvalue weighted by atomic mass is 32.2. The number of sulfonamides is 1. The average molecular weight is 360 g/mol. The van der Waals surface area contributed by atoms with Crippen molar-refractivity contribution in [2.75, 3.05) is 18.4 Å². The van der Waals surface area contributed by atoms with Gasteiger partial charge >= 0.3 is 0 Å². The first-order chi connectivity index (χ1) is 12.0. The van der Waals surface area contributed by atoms with Gasteiger partial charge in [0.15, 0.2) is 0 Å². The van der Waals surface area contributed by atoms with E-state index in [1.54, 1.807) is 25.1 Å². The van der Waals surface area contributed by atoms with E-state index in [2.05, 4.69) is 15.3 Å². The molecule has 7 nitrogen and oxygen atoms in total. The van der Waals surface area contributed by atoms with Gasteiger partial charge in [0, 0.05) is 25.0 Å². The molecule has 1 aromatic heterocycles.